The molecule has 0 fully saturated rings. The molecule has 0 saturated carbocycles. The van der Waals surface area contributed by atoms with Crippen LogP contribution in [-0.4, -0.2) is 11.1 Å². The van der Waals surface area contributed by atoms with Crippen molar-refractivity contribution in [1.82, 2.24) is 0 Å². The lowest BCUT2D eigenvalue weighted by Crippen LogP contribution is -2.19. The highest BCUT2D eigenvalue weighted by Crippen LogP contribution is 2.20. The summed E-state index contributed by atoms with van der Waals surface area (Å²) < 4.78 is 0. The molecule has 0 spiro atoms. The maximum atomic E-state index is 10.6. The first-order valence-corrected chi connectivity index (χ1v) is 3.29. The molecule has 0 saturated heterocycles. The Labute approximate surface area is 59.0 Å². The normalized spacial score (nSPS) is 25.6. The summed E-state index contributed by atoms with van der Waals surface area (Å²) in [5.74, 6) is -1.03. The second kappa shape index (κ2) is 2.73. The molecular formula is C7H9O3-. The first kappa shape index (κ1) is 7.12. The van der Waals surface area contributed by atoms with E-state index in [0.717, 1.165) is 0 Å². The first-order valence-electron chi connectivity index (χ1n) is 3.29. The van der Waals surface area contributed by atoms with Gasteiger partial charge in [-0.3, -0.25) is 4.79 Å². The average Bonchev–Trinajstić information content (AvgIpc) is 1.88. The summed E-state index contributed by atoms with van der Waals surface area (Å²) in [6.45, 7) is 0. The SMILES string of the molecule is O=C(O)C1CC=C([O-])CC1. The Bertz CT molecular complexity index is 172. The second-order valence-corrected chi connectivity index (χ2v) is 2.48. The molecule has 1 N–H and O–H groups in total. The monoisotopic (exact) mass is 141 g/mol. The van der Waals surface area contributed by atoms with Gasteiger partial charge in [0.05, 0.1) is 5.92 Å². The van der Waals surface area contributed by atoms with E-state index in [1.165, 1.54) is 6.08 Å². The van der Waals surface area contributed by atoms with Gasteiger partial charge in [0, 0.05) is 0 Å². The molecule has 0 aromatic rings. The molecule has 0 aromatic carbocycles. The van der Waals surface area contributed by atoms with Gasteiger partial charge in [-0.2, -0.15) is 0 Å². The van der Waals surface area contributed by atoms with E-state index in [0.29, 0.717) is 19.3 Å². The number of rotatable bonds is 1. The molecule has 0 heterocycles. The highest BCUT2D eigenvalue weighted by molar-refractivity contribution is 5.70. The third-order valence-corrected chi connectivity index (χ3v) is 1.72. The lowest BCUT2D eigenvalue weighted by molar-refractivity contribution is -0.308. The summed E-state index contributed by atoms with van der Waals surface area (Å²) >= 11 is 0. The first-order chi connectivity index (χ1) is 4.70. The third-order valence-electron chi connectivity index (χ3n) is 1.72. The molecule has 1 aliphatic rings. The van der Waals surface area contributed by atoms with Gasteiger partial charge in [0.15, 0.2) is 0 Å². The number of carboxylic acids is 1. The zero-order valence-electron chi connectivity index (χ0n) is 5.54. The highest BCUT2D eigenvalue weighted by atomic mass is 16.4. The van der Waals surface area contributed by atoms with Gasteiger partial charge >= 0.3 is 5.97 Å². The van der Waals surface area contributed by atoms with E-state index in [-0.39, 0.29) is 11.7 Å². The molecule has 0 bridgehead atoms. The number of carboxylic acid groups (broad SMARTS) is 1. The number of allylic oxidation sites excluding steroid dienone is 2. The van der Waals surface area contributed by atoms with Gasteiger partial charge in [-0.05, 0) is 19.3 Å². The van der Waals surface area contributed by atoms with Gasteiger partial charge < -0.3 is 10.2 Å². The van der Waals surface area contributed by atoms with Crippen LogP contribution in [0.5, 0.6) is 0 Å². The average molecular weight is 141 g/mol. The van der Waals surface area contributed by atoms with Crippen molar-refractivity contribution >= 4 is 5.97 Å². The summed E-state index contributed by atoms with van der Waals surface area (Å²) in [5.41, 5.74) is 0. The Kier molecular flexibility index (Phi) is 1.94. The molecule has 10 heavy (non-hydrogen) atoms. The maximum Gasteiger partial charge on any atom is 0.306 e. The maximum absolute atomic E-state index is 10.6. The summed E-state index contributed by atoms with van der Waals surface area (Å²) in [5, 5.41) is 19.1. The smallest absolute Gasteiger partial charge is 0.306 e. The van der Waals surface area contributed by atoms with Crippen LogP contribution in [0.3, 0.4) is 0 Å². The van der Waals surface area contributed by atoms with E-state index in [1.54, 1.807) is 0 Å². The number of hydrogen-bond acceptors (Lipinski definition) is 2. The van der Waals surface area contributed by atoms with Gasteiger partial charge in [0.2, 0.25) is 0 Å². The largest absolute Gasteiger partial charge is 0.876 e. The van der Waals surface area contributed by atoms with Crippen LogP contribution in [-0.2, 0) is 4.79 Å². The molecule has 0 amide bonds. The predicted octanol–water partition coefficient (Wildman–Crippen LogP) is 0.115. The van der Waals surface area contributed by atoms with Crippen molar-refractivity contribution in [3.8, 4) is 0 Å². The van der Waals surface area contributed by atoms with Crippen molar-refractivity contribution < 1.29 is 15.0 Å². The van der Waals surface area contributed by atoms with E-state index >= 15 is 0 Å². The minimum atomic E-state index is -0.788. The minimum Gasteiger partial charge on any atom is -0.876 e. The Hall–Kier alpha value is -0.990. The van der Waals surface area contributed by atoms with Crippen LogP contribution < -0.4 is 5.11 Å². The van der Waals surface area contributed by atoms with Crippen LogP contribution >= 0.6 is 0 Å². The van der Waals surface area contributed by atoms with Crippen molar-refractivity contribution in [3.05, 3.63) is 11.8 Å². The predicted molar refractivity (Wildman–Crippen MR) is 33.1 cm³/mol. The van der Waals surface area contributed by atoms with Gasteiger partial charge in [-0.15, -0.1) is 5.76 Å². The third kappa shape index (κ3) is 1.50. The molecule has 1 unspecified atom stereocenters. The lowest BCUT2D eigenvalue weighted by Gasteiger charge is -2.21. The van der Waals surface area contributed by atoms with Crippen LogP contribution in [0, 0.1) is 5.92 Å². The van der Waals surface area contributed by atoms with Crippen LogP contribution in [0.15, 0.2) is 11.8 Å². The molecule has 0 aromatic heterocycles. The van der Waals surface area contributed by atoms with Gasteiger partial charge in [-0.1, -0.05) is 6.08 Å². The molecule has 3 nitrogen and oxygen atoms in total. The van der Waals surface area contributed by atoms with E-state index in [1.807, 2.05) is 0 Å². The zero-order valence-corrected chi connectivity index (χ0v) is 5.54. The van der Waals surface area contributed by atoms with Crippen molar-refractivity contribution in [3.63, 3.8) is 0 Å². The summed E-state index contributed by atoms with van der Waals surface area (Å²) in [6, 6.07) is 0. The topological polar surface area (TPSA) is 60.4 Å². The molecular weight excluding hydrogens is 132 g/mol. The highest BCUT2D eigenvalue weighted by Gasteiger charge is 2.17. The standard InChI is InChI=1S/C7H10O3/c8-6-3-1-5(2-4-6)7(9)10/h3,5,8H,1-2,4H2,(H,9,10)/p-1. The fourth-order valence-corrected chi connectivity index (χ4v) is 1.03. The lowest BCUT2D eigenvalue weighted by atomic mass is 9.94. The number of carbonyl (C=O) groups is 1. The fraction of sp³-hybridized carbons (Fsp3) is 0.571. The van der Waals surface area contributed by atoms with Crippen LogP contribution in [0.25, 0.3) is 0 Å². The van der Waals surface area contributed by atoms with E-state index in [4.69, 9.17) is 5.11 Å². The Balaban J connectivity index is 2.50. The van der Waals surface area contributed by atoms with Gasteiger partial charge in [0.1, 0.15) is 0 Å². The minimum absolute atomic E-state index is 0.0810. The van der Waals surface area contributed by atoms with Crippen molar-refractivity contribution in [2.24, 2.45) is 5.92 Å². The molecule has 0 aliphatic heterocycles. The van der Waals surface area contributed by atoms with Gasteiger partial charge in [0.25, 0.3) is 0 Å². The molecule has 3 heteroatoms. The van der Waals surface area contributed by atoms with E-state index < -0.39 is 5.97 Å². The van der Waals surface area contributed by atoms with Crippen molar-refractivity contribution in [2.75, 3.05) is 0 Å². The Morgan fingerprint density at radius 2 is 2.50 bits per heavy atom. The Morgan fingerprint density at radius 3 is 2.90 bits per heavy atom. The molecule has 1 aliphatic carbocycles. The molecule has 1 atom stereocenters. The Morgan fingerprint density at radius 1 is 1.80 bits per heavy atom. The molecule has 56 valence electrons. The number of aliphatic carboxylic acids is 1. The molecule has 1 rings (SSSR count). The van der Waals surface area contributed by atoms with Crippen LogP contribution in [0.2, 0.25) is 0 Å². The van der Waals surface area contributed by atoms with E-state index in [9.17, 15) is 9.90 Å². The number of hydrogen-bond donors (Lipinski definition) is 1. The quantitative estimate of drug-likeness (QED) is 0.564. The summed E-state index contributed by atoms with van der Waals surface area (Å²) in [4.78, 5) is 10.3. The van der Waals surface area contributed by atoms with Crippen LogP contribution in [0.4, 0.5) is 0 Å². The van der Waals surface area contributed by atoms with Crippen LogP contribution in [0.1, 0.15) is 19.3 Å². The zero-order chi connectivity index (χ0) is 7.56. The fourth-order valence-electron chi connectivity index (χ4n) is 1.03. The van der Waals surface area contributed by atoms with Gasteiger partial charge in [-0.25, -0.2) is 0 Å². The van der Waals surface area contributed by atoms with Crippen molar-refractivity contribution in [2.45, 2.75) is 19.3 Å². The van der Waals surface area contributed by atoms with E-state index in [2.05, 4.69) is 0 Å². The summed E-state index contributed by atoms with van der Waals surface area (Å²) in [7, 11) is 0. The molecule has 0 radical (unpaired) electrons. The summed E-state index contributed by atoms with van der Waals surface area (Å²) in [6.07, 6.45) is 2.79. The van der Waals surface area contributed by atoms with Crippen molar-refractivity contribution in [1.29, 1.82) is 0 Å². The second-order valence-electron chi connectivity index (χ2n) is 2.48.